The van der Waals surface area contributed by atoms with Crippen LogP contribution in [-0.2, 0) is 24.8 Å². The van der Waals surface area contributed by atoms with Crippen molar-refractivity contribution in [2.75, 3.05) is 41.1 Å². The second-order valence-electron chi connectivity index (χ2n) is 7.06. The van der Waals surface area contributed by atoms with Crippen LogP contribution in [0.15, 0.2) is 53.4 Å². The van der Waals surface area contributed by atoms with E-state index in [0.29, 0.717) is 18.8 Å². The van der Waals surface area contributed by atoms with Crippen LogP contribution in [0.2, 0.25) is 0 Å². The van der Waals surface area contributed by atoms with Crippen molar-refractivity contribution in [2.45, 2.75) is 11.3 Å². The van der Waals surface area contributed by atoms with Gasteiger partial charge in [0, 0.05) is 32.6 Å². The molecule has 30 heavy (non-hydrogen) atoms. The van der Waals surface area contributed by atoms with E-state index in [4.69, 9.17) is 0 Å². The average molecular weight is 454 g/mol. The molecular weight excluding hydrogens is 433 g/mol. The number of para-hydroxylation sites is 1. The van der Waals surface area contributed by atoms with Gasteiger partial charge < -0.3 is 4.90 Å². The number of hydrogen-bond donors (Lipinski definition) is 0. The standard InChI is InChI=1S/C19H20FN3O5S2/c20-17-3-1-2-4-18(17)21-10-12-22(13-11-21)30(27,28)16-7-5-15(6-8-16)23-19(24)9-14-29(23,25)26/h1-8H,9-14H2. The van der Waals surface area contributed by atoms with Crippen molar-refractivity contribution in [3.63, 3.8) is 0 Å². The average Bonchev–Trinajstić information content (AvgIpc) is 3.01. The van der Waals surface area contributed by atoms with Gasteiger partial charge in [0.2, 0.25) is 26.0 Å². The zero-order chi connectivity index (χ0) is 21.5. The van der Waals surface area contributed by atoms with Gasteiger partial charge in [0.15, 0.2) is 0 Å². The van der Waals surface area contributed by atoms with E-state index in [0.717, 1.165) is 4.31 Å². The molecule has 2 aliphatic heterocycles. The minimum atomic E-state index is -3.80. The number of piperazine rings is 1. The predicted molar refractivity (Wildman–Crippen MR) is 110 cm³/mol. The van der Waals surface area contributed by atoms with E-state index in [9.17, 15) is 26.0 Å². The molecule has 11 heteroatoms. The fourth-order valence-electron chi connectivity index (χ4n) is 3.65. The molecule has 0 atom stereocenters. The molecule has 8 nitrogen and oxygen atoms in total. The monoisotopic (exact) mass is 453 g/mol. The van der Waals surface area contributed by atoms with E-state index in [1.165, 1.54) is 34.6 Å². The van der Waals surface area contributed by atoms with E-state index < -0.39 is 26.0 Å². The molecule has 0 spiro atoms. The Hall–Kier alpha value is -2.50. The predicted octanol–water partition coefficient (Wildman–Crippen LogP) is 1.40. The quantitative estimate of drug-likeness (QED) is 0.695. The number of amides is 1. The fraction of sp³-hybridized carbons (Fsp3) is 0.316. The Morgan fingerprint density at radius 1 is 0.900 bits per heavy atom. The van der Waals surface area contributed by atoms with Gasteiger partial charge in [-0.05, 0) is 36.4 Å². The highest BCUT2D eigenvalue weighted by Crippen LogP contribution is 2.28. The minimum Gasteiger partial charge on any atom is -0.367 e. The molecule has 0 unspecified atom stereocenters. The van der Waals surface area contributed by atoms with Gasteiger partial charge in [-0.25, -0.2) is 25.5 Å². The van der Waals surface area contributed by atoms with Crippen LogP contribution in [0.4, 0.5) is 15.8 Å². The Morgan fingerprint density at radius 2 is 1.53 bits per heavy atom. The van der Waals surface area contributed by atoms with E-state index in [2.05, 4.69) is 0 Å². The van der Waals surface area contributed by atoms with Gasteiger partial charge in [-0.15, -0.1) is 0 Å². The summed E-state index contributed by atoms with van der Waals surface area (Å²) in [6.07, 6.45) is -0.0886. The summed E-state index contributed by atoms with van der Waals surface area (Å²) in [6, 6.07) is 11.6. The molecule has 2 saturated heterocycles. The molecule has 2 fully saturated rings. The Labute approximate surface area is 174 Å². The summed E-state index contributed by atoms with van der Waals surface area (Å²) < 4.78 is 66.0. The van der Waals surface area contributed by atoms with E-state index >= 15 is 0 Å². The van der Waals surface area contributed by atoms with Crippen molar-refractivity contribution < 1.29 is 26.0 Å². The topological polar surface area (TPSA) is 95.1 Å². The largest absolute Gasteiger partial charge is 0.367 e. The number of carbonyl (C=O) groups excluding carboxylic acids is 1. The third kappa shape index (κ3) is 3.68. The first-order chi connectivity index (χ1) is 14.2. The number of carbonyl (C=O) groups is 1. The Kier molecular flexibility index (Phi) is 5.28. The molecule has 0 saturated carbocycles. The fourth-order valence-corrected chi connectivity index (χ4v) is 6.53. The summed E-state index contributed by atoms with van der Waals surface area (Å²) in [5.41, 5.74) is 0.566. The highest BCUT2D eigenvalue weighted by Gasteiger charge is 2.36. The third-order valence-corrected chi connectivity index (χ3v) is 8.82. The number of nitrogens with zero attached hydrogens (tertiary/aromatic N) is 3. The molecular formula is C19H20FN3O5S2. The zero-order valence-corrected chi connectivity index (χ0v) is 17.6. The van der Waals surface area contributed by atoms with E-state index in [-0.39, 0.29) is 41.7 Å². The van der Waals surface area contributed by atoms with Crippen molar-refractivity contribution in [3.05, 3.63) is 54.3 Å². The van der Waals surface area contributed by atoms with Crippen molar-refractivity contribution in [1.82, 2.24) is 4.31 Å². The molecule has 2 aromatic rings. The number of rotatable bonds is 4. The van der Waals surface area contributed by atoms with Crippen LogP contribution in [0.3, 0.4) is 0 Å². The van der Waals surface area contributed by atoms with Crippen LogP contribution < -0.4 is 9.21 Å². The van der Waals surface area contributed by atoms with Gasteiger partial charge in [-0.3, -0.25) is 4.79 Å². The number of benzene rings is 2. The number of anilines is 2. The Bertz CT molecular complexity index is 1170. The molecule has 2 aliphatic rings. The second kappa shape index (κ2) is 7.64. The lowest BCUT2D eigenvalue weighted by atomic mass is 10.2. The summed E-state index contributed by atoms with van der Waals surface area (Å²) in [4.78, 5) is 13.7. The molecule has 0 aliphatic carbocycles. The summed E-state index contributed by atoms with van der Waals surface area (Å²) in [5.74, 6) is -1.14. The summed E-state index contributed by atoms with van der Waals surface area (Å²) in [5, 5.41) is 0. The van der Waals surface area contributed by atoms with Gasteiger partial charge in [-0.2, -0.15) is 4.31 Å². The van der Waals surface area contributed by atoms with Gasteiger partial charge in [-0.1, -0.05) is 12.1 Å². The first-order valence-electron chi connectivity index (χ1n) is 9.36. The molecule has 160 valence electrons. The normalized spacial score (nSPS) is 20.0. The lowest BCUT2D eigenvalue weighted by Gasteiger charge is -2.35. The smallest absolute Gasteiger partial charge is 0.243 e. The van der Waals surface area contributed by atoms with Crippen LogP contribution in [0.5, 0.6) is 0 Å². The molecule has 2 aromatic carbocycles. The molecule has 0 N–H and O–H groups in total. The van der Waals surface area contributed by atoms with Gasteiger partial charge in [0.25, 0.3) is 0 Å². The van der Waals surface area contributed by atoms with Crippen LogP contribution in [0, 0.1) is 5.82 Å². The second-order valence-corrected chi connectivity index (χ2v) is 10.9. The SMILES string of the molecule is O=C1CCS(=O)(=O)N1c1ccc(S(=O)(=O)N2CCN(c3ccccc3F)CC2)cc1. The van der Waals surface area contributed by atoms with E-state index in [1.54, 1.807) is 23.1 Å². The first kappa shape index (κ1) is 20.8. The van der Waals surface area contributed by atoms with Crippen LogP contribution >= 0.6 is 0 Å². The number of sulfonamides is 2. The maximum Gasteiger partial charge on any atom is 0.243 e. The van der Waals surface area contributed by atoms with Crippen LogP contribution in [0.25, 0.3) is 0 Å². The maximum absolute atomic E-state index is 14.0. The summed E-state index contributed by atoms with van der Waals surface area (Å²) in [7, 11) is -7.51. The lowest BCUT2D eigenvalue weighted by molar-refractivity contribution is -0.116. The molecule has 4 rings (SSSR count). The van der Waals surface area contributed by atoms with Gasteiger partial charge in [0.1, 0.15) is 5.82 Å². The Morgan fingerprint density at radius 3 is 2.10 bits per heavy atom. The van der Waals surface area contributed by atoms with Crippen molar-refractivity contribution in [3.8, 4) is 0 Å². The molecule has 1 amide bonds. The number of halogens is 1. The molecule has 0 bridgehead atoms. The van der Waals surface area contributed by atoms with E-state index in [1.807, 2.05) is 0 Å². The highest BCUT2D eigenvalue weighted by molar-refractivity contribution is 7.94. The van der Waals surface area contributed by atoms with Crippen LogP contribution in [-0.4, -0.2) is 59.0 Å². The van der Waals surface area contributed by atoms with Crippen molar-refractivity contribution in [2.24, 2.45) is 0 Å². The molecule has 0 radical (unpaired) electrons. The van der Waals surface area contributed by atoms with Gasteiger partial charge in [0.05, 0.1) is 22.0 Å². The highest BCUT2D eigenvalue weighted by atomic mass is 32.2. The molecule has 0 aromatic heterocycles. The Balaban J connectivity index is 1.49. The summed E-state index contributed by atoms with van der Waals surface area (Å²) in [6.45, 7) is 1.08. The van der Waals surface area contributed by atoms with Gasteiger partial charge >= 0.3 is 0 Å². The van der Waals surface area contributed by atoms with Crippen molar-refractivity contribution >= 4 is 37.3 Å². The zero-order valence-electron chi connectivity index (χ0n) is 15.9. The van der Waals surface area contributed by atoms with Crippen LogP contribution in [0.1, 0.15) is 6.42 Å². The maximum atomic E-state index is 14.0. The van der Waals surface area contributed by atoms with Crippen molar-refractivity contribution in [1.29, 1.82) is 0 Å². The molecule has 2 heterocycles. The number of hydrogen-bond acceptors (Lipinski definition) is 6. The first-order valence-corrected chi connectivity index (χ1v) is 12.4. The lowest BCUT2D eigenvalue weighted by Crippen LogP contribution is -2.48. The minimum absolute atomic E-state index is 0.00892. The third-order valence-electron chi connectivity index (χ3n) is 5.22. The summed E-state index contributed by atoms with van der Waals surface area (Å²) >= 11 is 0.